The maximum Gasteiger partial charge on any atom is 0.228 e. The van der Waals surface area contributed by atoms with Gasteiger partial charge >= 0.3 is 0 Å². The number of aromatic nitrogens is 1. The second-order valence-electron chi connectivity index (χ2n) is 8.83. The van der Waals surface area contributed by atoms with E-state index < -0.39 is 0 Å². The maximum atomic E-state index is 13.9. The Labute approximate surface area is 179 Å². The van der Waals surface area contributed by atoms with E-state index in [9.17, 15) is 9.50 Å². The summed E-state index contributed by atoms with van der Waals surface area (Å²) in [6.45, 7) is 6.19. The summed E-state index contributed by atoms with van der Waals surface area (Å²) in [4.78, 5) is 4.72. The molecule has 3 nitrogen and oxygen atoms in total. The number of rotatable bonds is 2. The lowest BCUT2D eigenvalue weighted by atomic mass is 9.85. The van der Waals surface area contributed by atoms with Crippen LogP contribution in [0.1, 0.15) is 26.3 Å². The van der Waals surface area contributed by atoms with Gasteiger partial charge in [0.2, 0.25) is 5.71 Å². The fourth-order valence-corrected chi connectivity index (χ4v) is 4.05. The van der Waals surface area contributed by atoms with Crippen LogP contribution in [0, 0.1) is 5.82 Å². The summed E-state index contributed by atoms with van der Waals surface area (Å²) < 4.78 is 20.0. The molecule has 0 bridgehead atoms. The fraction of sp³-hybridized carbons (Fsp3) is 0.148. The van der Waals surface area contributed by atoms with Crippen molar-refractivity contribution in [1.29, 1.82) is 0 Å². The Morgan fingerprint density at radius 1 is 0.871 bits per heavy atom. The number of hydrogen-bond donors (Lipinski definition) is 1. The van der Waals surface area contributed by atoms with Crippen molar-refractivity contribution in [3.63, 3.8) is 0 Å². The van der Waals surface area contributed by atoms with Crippen LogP contribution in [-0.2, 0) is 5.41 Å². The third-order valence-electron chi connectivity index (χ3n) is 5.57. The molecule has 0 aliphatic rings. The number of pyridine rings is 1. The van der Waals surface area contributed by atoms with Crippen molar-refractivity contribution >= 4 is 22.1 Å². The number of phenolic OH excluding ortho intramolecular Hbond substituents is 1. The molecular formula is C27H22FNO2. The molecule has 31 heavy (non-hydrogen) atoms. The van der Waals surface area contributed by atoms with E-state index in [4.69, 9.17) is 9.40 Å². The predicted molar refractivity (Wildman–Crippen MR) is 123 cm³/mol. The van der Waals surface area contributed by atoms with Crippen LogP contribution >= 0.6 is 0 Å². The zero-order valence-electron chi connectivity index (χ0n) is 17.6. The first-order chi connectivity index (χ1) is 14.8. The standard InChI is InChI=1S/C27H22FNO2/c1-27(2,3)21-13-20-24(15-23(21)30)31-26-25(20)19(16-8-5-4-6-9-16)14-22(29-26)17-10-7-11-18(28)12-17/h4-15,30H,1-3H3. The molecule has 5 aromatic rings. The average Bonchev–Trinajstić information content (AvgIpc) is 3.09. The number of hydrogen-bond acceptors (Lipinski definition) is 3. The highest BCUT2D eigenvalue weighted by Crippen LogP contribution is 2.42. The van der Waals surface area contributed by atoms with Gasteiger partial charge in [-0.2, -0.15) is 0 Å². The first kappa shape index (κ1) is 19.3. The minimum atomic E-state index is -0.315. The highest BCUT2D eigenvalue weighted by molar-refractivity contribution is 6.12. The molecule has 5 rings (SSSR count). The van der Waals surface area contributed by atoms with Crippen LogP contribution < -0.4 is 0 Å². The molecule has 0 fully saturated rings. The molecule has 0 radical (unpaired) electrons. The van der Waals surface area contributed by atoms with Crippen molar-refractivity contribution < 1.29 is 13.9 Å². The predicted octanol–water partition coefficient (Wildman–Crippen LogP) is 7.46. The Morgan fingerprint density at radius 2 is 1.61 bits per heavy atom. The Kier molecular flexibility index (Phi) is 4.33. The molecule has 4 heteroatoms. The highest BCUT2D eigenvalue weighted by atomic mass is 19.1. The molecule has 3 aromatic carbocycles. The van der Waals surface area contributed by atoms with Crippen LogP contribution in [0.4, 0.5) is 4.39 Å². The molecular weight excluding hydrogens is 389 g/mol. The van der Waals surface area contributed by atoms with Gasteiger partial charge in [0.25, 0.3) is 0 Å². The van der Waals surface area contributed by atoms with Crippen molar-refractivity contribution in [2.45, 2.75) is 26.2 Å². The molecule has 2 heterocycles. The van der Waals surface area contributed by atoms with E-state index in [0.29, 0.717) is 22.6 Å². The summed E-state index contributed by atoms with van der Waals surface area (Å²) >= 11 is 0. The number of furan rings is 1. The van der Waals surface area contributed by atoms with Crippen molar-refractivity contribution in [2.75, 3.05) is 0 Å². The normalized spacial score (nSPS) is 12.0. The lowest BCUT2D eigenvalue weighted by Crippen LogP contribution is -2.11. The van der Waals surface area contributed by atoms with E-state index in [0.717, 1.165) is 27.5 Å². The van der Waals surface area contributed by atoms with E-state index in [1.807, 2.05) is 48.5 Å². The average molecular weight is 411 g/mol. The zero-order valence-corrected chi connectivity index (χ0v) is 17.6. The molecule has 154 valence electrons. The van der Waals surface area contributed by atoms with Gasteiger partial charge in [0.15, 0.2) is 0 Å². The van der Waals surface area contributed by atoms with Gasteiger partial charge in [0.05, 0.1) is 11.1 Å². The SMILES string of the molecule is CC(C)(C)c1cc2c(cc1O)oc1nc(-c3cccc(F)c3)cc(-c3ccccc3)c12. The van der Waals surface area contributed by atoms with E-state index in [2.05, 4.69) is 20.8 Å². The summed E-state index contributed by atoms with van der Waals surface area (Å²) in [5.74, 6) is -0.115. The van der Waals surface area contributed by atoms with Crippen LogP contribution in [0.15, 0.2) is 77.2 Å². The van der Waals surface area contributed by atoms with Crippen LogP contribution in [0.25, 0.3) is 44.5 Å². The number of fused-ring (bicyclic) bond motifs is 3. The summed E-state index contributed by atoms with van der Waals surface area (Å²) in [5, 5.41) is 12.4. The Balaban J connectivity index is 1.89. The molecule has 2 aromatic heterocycles. The van der Waals surface area contributed by atoms with Crippen molar-refractivity contribution in [2.24, 2.45) is 0 Å². The van der Waals surface area contributed by atoms with Crippen molar-refractivity contribution in [1.82, 2.24) is 4.98 Å². The second-order valence-corrected chi connectivity index (χ2v) is 8.83. The maximum absolute atomic E-state index is 13.9. The molecule has 0 aliphatic heterocycles. The molecule has 0 saturated carbocycles. The molecule has 0 spiro atoms. The first-order valence-corrected chi connectivity index (χ1v) is 10.2. The highest BCUT2D eigenvalue weighted by Gasteiger charge is 2.23. The molecule has 0 amide bonds. The smallest absolute Gasteiger partial charge is 0.228 e. The largest absolute Gasteiger partial charge is 0.508 e. The molecule has 0 saturated heterocycles. The third kappa shape index (κ3) is 3.34. The van der Waals surface area contributed by atoms with Gasteiger partial charge in [-0.15, -0.1) is 0 Å². The lowest BCUT2D eigenvalue weighted by molar-refractivity contribution is 0.446. The van der Waals surface area contributed by atoms with Crippen LogP contribution in [-0.4, -0.2) is 10.1 Å². The summed E-state index contributed by atoms with van der Waals surface area (Å²) in [5.41, 5.74) is 4.92. The lowest BCUT2D eigenvalue weighted by Gasteiger charge is -2.20. The third-order valence-corrected chi connectivity index (χ3v) is 5.57. The van der Waals surface area contributed by atoms with Gasteiger partial charge in [-0.05, 0) is 40.8 Å². The van der Waals surface area contributed by atoms with Gasteiger partial charge < -0.3 is 9.52 Å². The molecule has 0 atom stereocenters. The Bertz CT molecular complexity index is 1430. The van der Waals surface area contributed by atoms with Crippen LogP contribution in [0.2, 0.25) is 0 Å². The Morgan fingerprint density at radius 3 is 2.32 bits per heavy atom. The Hall–Kier alpha value is -3.66. The molecule has 1 N–H and O–H groups in total. The van der Waals surface area contributed by atoms with Crippen LogP contribution in [0.3, 0.4) is 0 Å². The second kappa shape index (κ2) is 6.95. The fourth-order valence-electron chi connectivity index (χ4n) is 4.05. The topological polar surface area (TPSA) is 46.3 Å². The minimum Gasteiger partial charge on any atom is -0.508 e. The quantitative estimate of drug-likeness (QED) is 0.328. The van der Waals surface area contributed by atoms with Gasteiger partial charge in [-0.3, -0.25) is 0 Å². The number of benzene rings is 3. The van der Waals surface area contributed by atoms with E-state index in [1.165, 1.54) is 12.1 Å². The summed E-state index contributed by atoms with van der Waals surface area (Å²) in [7, 11) is 0. The van der Waals surface area contributed by atoms with E-state index in [-0.39, 0.29) is 17.0 Å². The first-order valence-electron chi connectivity index (χ1n) is 10.2. The zero-order chi connectivity index (χ0) is 21.8. The monoisotopic (exact) mass is 411 g/mol. The van der Waals surface area contributed by atoms with Gasteiger partial charge in [-0.1, -0.05) is 63.2 Å². The number of aromatic hydroxyl groups is 1. The van der Waals surface area contributed by atoms with Gasteiger partial charge in [-0.25, -0.2) is 9.37 Å². The molecule has 0 aliphatic carbocycles. The van der Waals surface area contributed by atoms with Gasteiger partial charge in [0, 0.05) is 22.6 Å². The summed E-state index contributed by atoms with van der Waals surface area (Å²) in [6, 6.07) is 22.0. The number of phenols is 1. The van der Waals surface area contributed by atoms with Crippen molar-refractivity contribution in [3.8, 4) is 28.1 Å². The van der Waals surface area contributed by atoms with Gasteiger partial charge in [0.1, 0.15) is 17.1 Å². The van der Waals surface area contributed by atoms with Crippen LogP contribution in [0.5, 0.6) is 5.75 Å². The van der Waals surface area contributed by atoms with E-state index in [1.54, 1.807) is 12.1 Å². The number of halogens is 1. The van der Waals surface area contributed by atoms with E-state index >= 15 is 0 Å². The summed E-state index contributed by atoms with van der Waals surface area (Å²) in [6.07, 6.45) is 0. The number of nitrogens with zero attached hydrogens (tertiary/aromatic N) is 1. The van der Waals surface area contributed by atoms with Crippen molar-refractivity contribution in [3.05, 3.63) is 84.2 Å². The molecule has 0 unspecified atom stereocenters. The minimum absolute atomic E-state index is 0.200.